The first-order valence-electron chi connectivity index (χ1n) is 10.0. The van der Waals surface area contributed by atoms with E-state index in [1.165, 1.54) is 16.4 Å². The Balaban J connectivity index is 1.37. The molecule has 0 radical (unpaired) electrons. The molecule has 1 aromatic heterocycles. The molecule has 4 rings (SSSR count). The van der Waals surface area contributed by atoms with Crippen LogP contribution >= 0.6 is 0 Å². The van der Waals surface area contributed by atoms with E-state index in [0.717, 1.165) is 29.8 Å². The van der Waals surface area contributed by atoms with Crippen LogP contribution in [0.5, 0.6) is 5.75 Å². The maximum Gasteiger partial charge on any atom is 0.264 e. The van der Waals surface area contributed by atoms with E-state index in [0.29, 0.717) is 18.8 Å². The van der Waals surface area contributed by atoms with Gasteiger partial charge in [-0.3, -0.25) is 14.1 Å². The highest BCUT2D eigenvalue weighted by Crippen LogP contribution is 2.32. The van der Waals surface area contributed by atoms with Gasteiger partial charge in [-0.15, -0.1) is 0 Å². The van der Waals surface area contributed by atoms with Crippen LogP contribution in [0.15, 0.2) is 77.8 Å². The number of aryl methyl sites for hydroxylation is 1. The summed E-state index contributed by atoms with van der Waals surface area (Å²) in [5, 5.41) is 2.73. The van der Waals surface area contributed by atoms with Crippen molar-refractivity contribution < 1.29 is 17.9 Å². The van der Waals surface area contributed by atoms with Crippen LogP contribution in [0.4, 0.5) is 5.69 Å². The van der Waals surface area contributed by atoms with Crippen molar-refractivity contribution in [2.75, 3.05) is 17.5 Å². The van der Waals surface area contributed by atoms with Gasteiger partial charge in [-0.05, 0) is 60.9 Å². The number of para-hydroxylation sites is 1. The van der Waals surface area contributed by atoms with Crippen molar-refractivity contribution in [1.82, 2.24) is 10.3 Å². The van der Waals surface area contributed by atoms with Crippen molar-refractivity contribution in [3.8, 4) is 5.75 Å². The number of rotatable bonds is 7. The third-order valence-electron chi connectivity index (χ3n) is 5.04. The number of pyridine rings is 1. The molecule has 8 heteroatoms. The number of nitrogens with zero attached hydrogens (tertiary/aromatic N) is 2. The Morgan fingerprint density at radius 1 is 1.03 bits per heavy atom. The minimum atomic E-state index is -3.67. The second-order valence-electron chi connectivity index (χ2n) is 7.17. The Morgan fingerprint density at radius 3 is 2.58 bits per heavy atom. The van der Waals surface area contributed by atoms with E-state index >= 15 is 0 Å². The van der Waals surface area contributed by atoms with E-state index in [4.69, 9.17) is 4.74 Å². The number of hydrogen-bond acceptors (Lipinski definition) is 5. The summed E-state index contributed by atoms with van der Waals surface area (Å²) in [5.41, 5.74) is 2.53. The third-order valence-corrected chi connectivity index (χ3v) is 6.87. The van der Waals surface area contributed by atoms with Crippen molar-refractivity contribution in [2.45, 2.75) is 24.3 Å². The standard InChI is InChI=1S/C23H23N3O4S/c27-23(25-16-19-8-3-4-14-24-19)17-30-20-10-12-21(13-11-20)31(28,29)26-15-5-7-18-6-1-2-9-22(18)26/h1-4,6,8-14H,5,7,15-17H2,(H,25,27). The van der Waals surface area contributed by atoms with E-state index < -0.39 is 10.0 Å². The van der Waals surface area contributed by atoms with Gasteiger partial charge >= 0.3 is 0 Å². The van der Waals surface area contributed by atoms with Crippen molar-refractivity contribution in [3.63, 3.8) is 0 Å². The fourth-order valence-electron chi connectivity index (χ4n) is 3.48. The molecule has 2 heterocycles. The lowest BCUT2D eigenvalue weighted by Gasteiger charge is -2.30. The molecule has 0 atom stereocenters. The fraction of sp³-hybridized carbons (Fsp3) is 0.217. The number of nitrogens with one attached hydrogen (secondary N) is 1. The summed E-state index contributed by atoms with van der Waals surface area (Å²) in [7, 11) is -3.67. The van der Waals surface area contributed by atoms with Crippen LogP contribution in [0.3, 0.4) is 0 Å². The first kappa shape index (κ1) is 20.9. The summed E-state index contributed by atoms with van der Waals surface area (Å²) in [6, 6.07) is 19.2. The van der Waals surface area contributed by atoms with Gasteiger partial charge in [0, 0.05) is 12.7 Å². The van der Waals surface area contributed by atoms with E-state index in [1.807, 2.05) is 42.5 Å². The third kappa shape index (κ3) is 4.86. The molecule has 0 bridgehead atoms. The van der Waals surface area contributed by atoms with Crippen LogP contribution < -0.4 is 14.4 Å². The summed E-state index contributed by atoms with van der Waals surface area (Å²) in [4.78, 5) is 16.3. The van der Waals surface area contributed by atoms with Crippen LogP contribution in [0.2, 0.25) is 0 Å². The molecular formula is C23H23N3O4S. The van der Waals surface area contributed by atoms with E-state index in [-0.39, 0.29) is 17.4 Å². The lowest BCUT2D eigenvalue weighted by molar-refractivity contribution is -0.123. The largest absolute Gasteiger partial charge is 0.484 e. The number of anilines is 1. The molecule has 0 unspecified atom stereocenters. The maximum atomic E-state index is 13.2. The second-order valence-corrected chi connectivity index (χ2v) is 9.03. The number of amides is 1. The number of carbonyl (C=O) groups excluding carboxylic acids is 1. The van der Waals surface area contributed by atoms with Gasteiger partial charge in [0.2, 0.25) is 0 Å². The van der Waals surface area contributed by atoms with Gasteiger partial charge in [0.25, 0.3) is 15.9 Å². The summed E-state index contributed by atoms with van der Waals surface area (Å²) in [6.07, 6.45) is 3.32. The Kier molecular flexibility index (Phi) is 6.18. The van der Waals surface area contributed by atoms with Gasteiger partial charge in [0.15, 0.2) is 6.61 Å². The number of fused-ring (bicyclic) bond motifs is 1. The Morgan fingerprint density at radius 2 is 1.81 bits per heavy atom. The molecule has 0 spiro atoms. The predicted octanol–water partition coefficient (Wildman–Crippen LogP) is 2.92. The molecule has 3 aromatic rings. The molecule has 1 aliphatic heterocycles. The van der Waals surface area contributed by atoms with Crippen molar-refractivity contribution in [2.24, 2.45) is 0 Å². The summed E-state index contributed by atoms with van der Waals surface area (Å²) < 4.78 is 33.3. The van der Waals surface area contributed by atoms with Crippen LogP contribution in [0.1, 0.15) is 17.7 Å². The van der Waals surface area contributed by atoms with Crippen molar-refractivity contribution >= 4 is 21.6 Å². The van der Waals surface area contributed by atoms with Crippen LogP contribution in [0, 0.1) is 0 Å². The van der Waals surface area contributed by atoms with Crippen molar-refractivity contribution in [1.29, 1.82) is 0 Å². The molecule has 0 aliphatic carbocycles. The Bertz CT molecular complexity index is 1150. The number of ether oxygens (including phenoxy) is 1. The van der Waals surface area contributed by atoms with Gasteiger partial charge in [-0.1, -0.05) is 24.3 Å². The van der Waals surface area contributed by atoms with Gasteiger partial charge in [-0.25, -0.2) is 8.42 Å². The van der Waals surface area contributed by atoms with Gasteiger partial charge < -0.3 is 10.1 Å². The highest BCUT2D eigenvalue weighted by atomic mass is 32.2. The van der Waals surface area contributed by atoms with E-state index in [9.17, 15) is 13.2 Å². The topological polar surface area (TPSA) is 88.6 Å². The van der Waals surface area contributed by atoms with Gasteiger partial charge in [0.05, 0.1) is 22.8 Å². The minimum Gasteiger partial charge on any atom is -0.484 e. The predicted molar refractivity (Wildman–Crippen MR) is 117 cm³/mol. The normalized spacial score (nSPS) is 13.4. The van der Waals surface area contributed by atoms with Crippen LogP contribution in [0.25, 0.3) is 0 Å². The summed E-state index contributed by atoms with van der Waals surface area (Å²) in [5.74, 6) is 0.137. The molecule has 0 fully saturated rings. The van der Waals surface area contributed by atoms with Crippen LogP contribution in [-0.2, 0) is 27.8 Å². The minimum absolute atomic E-state index is 0.168. The summed E-state index contributed by atoms with van der Waals surface area (Å²) >= 11 is 0. The summed E-state index contributed by atoms with van der Waals surface area (Å²) in [6.45, 7) is 0.601. The second kappa shape index (κ2) is 9.18. The maximum absolute atomic E-state index is 13.2. The lowest BCUT2D eigenvalue weighted by Crippen LogP contribution is -2.35. The number of sulfonamides is 1. The molecule has 31 heavy (non-hydrogen) atoms. The molecule has 7 nitrogen and oxygen atoms in total. The van der Waals surface area contributed by atoms with Crippen LogP contribution in [-0.4, -0.2) is 32.5 Å². The smallest absolute Gasteiger partial charge is 0.264 e. The Labute approximate surface area is 181 Å². The lowest BCUT2D eigenvalue weighted by atomic mass is 10.0. The van der Waals surface area contributed by atoms with Gasteiger partial charge in [0.1, 0.15) is 5.75 Å². The van der Waals surface area contributed by atoms with Crippen molar-refractivity contribution in [3.05, 3.63) is 84.2 Å². The SMILES string of the molecule is O=C(COc1ccc(S(=O)(=O)N2CCCc3ccccc32)cc1)NCc1ccccn1. The molecule has 1 N–H and O–H groups in total. The number of benzene rings is 2. The Hall–Kier alpha value is -3.39. The molecule has 0 saturated heterocycles. The quantitative estimate of drug-likeness (QED) is 0.614. The highest BCUT2D eigenvalue weighted by Gasteiger charge is 2.28. The van der Waals surface area contributed by atoms with E-state index in [2.05, 4.69) is 10.3 Å². The first-order chi connectivity index (χ1) is 15.0. The number of carbonyl (C=O) groups is 1. The molecule has 0 saturated carbocycles. The average molecular weight is 438 g/mol. The van der Waals surface area contributed by atoms with E-state index in [1.54, 1.807) is 18.3 Å². The average Bonchev–Trinajstić information content (AvgIpc) is 2.82. The highest BCUT2D eigenvalue weighted by molar-refractivity contribution is 7.92. The zero-order valence-electron chi connectivity index (χ0n) is 16.9. The number of hydrogen-bond donors (Lipinski definition) is 1. The fourth-order valence-corrected chi connectivity index (χ4v) is 5.02. The van der Waals surface area contributed by atoms with Gasteiger partial charge in [-0.2, -0.15) is 0 Å². The molecule has 1 amide bonds. The zero-order chi connectivity index (χ0) is 21.7. The first-order valence-corrected chi connectivity index (χ1v) is 11.5. The molecule has 1 aliphatic rings. The monoisotopic (exact) mass is 437 g/mol. The molecule has 160 valence electrons. The molecule has 2 aromatic carbocycles. The number of aromatic nitrogens is 1. The molecular weight excluding hydrogens is 414 g/mol. The zero-order valence-corrected chi connectivity index (χ0v) is 17.7.